The van der Waals surface area contributed by atoms with Gasteiger partial charge in [-0.2, -0.15) is 0 Å². The van der Waals surface area contributed by atoms with Gasteiger partial charge >= 0.3 is 0 Å². The van der Waals surface area contributed by atoms with Crippen molar-refractivity contribution in [3.05, 3.63) is 41.5 Å². The van der Waals surface area contributed by atoms with Crippen molar-refractivity contribution in [2.75, 3.05) is 20.8 Å². The summed E-state index contributed by atoms with van der Waals surface area (Å²) in [5.41, 5.74) is 2.00. The van der Waals surface area contributed by atoms with Crippen molar-refractivity contribution in [3.63, 3.8) is 0 Å². The molecule has 0 bridgehead atoms. The summed E-state index contributed by atoms with van der Waals surface area (Å²) < 4.78 is 10.1. The van der Waals surface area contributed by atoms with Crippen molar-refractivity contribution < 1.29 is 19.4 Å². The van der Waals surface area contributed by atoms with E-state index >= 15 is 0 Å². The van der Waals surface area contributed by atoms with Crippen molar-refractivity contribution in [1.29, 1.82) is 0 Å². The van der Waals surface area contributed by atoms with Gasteiger partial charge in [-0.15, -0.1) is 0 Å². The van der Waals surface area contributed by atoms with E-state index in [-0.39, 0.29) is 12.4 Å². The number of hydrogen-bond acceptors (Lipinski definition) is 4. The molecule has 0 aliphatic heterocycles. The van der Waals surface area contributed by atoms with Gasteiger partial charge in [0.25, 0.3) is 0 Å². The molecule has 0 aliphatic rings. The van der Waals surface area contributed by atoms with Gasteiger partial charge in [-0.05, 0) is 30.7 Å². The normalized spacial score (nSPS) is 12.0. The fourth-order valence-electron chi connectivity index (χ4n) is 1.71. The van der Waals surface area contributed by atoms with Crippen LogP contribution in [-0.4, -0.2) is 37.8 Å². The number of rotatable bonds is 7. The maximum atomic E-state index is 11.8. The smallest absolute Gasteiger partial charge is 0.188 e. The molecular weight excluding hydrogens is 244 g/mol. The molecule has 0 fully saturated rings. The zero-order valence-electron chi connectivity index (χ0n) is 11.6. The molecule has 4 heteroatoms. The predicted octanol–water partition coefficient (Wildman–Crippen LogP) is 2.00. The first-order valence-electron chi connectivity index (χ1n) is 6.02. The molecule has 0 saturated heterocycles. The zero-order chi connectivity index (χ0) is 14.4. The maximum absolute atomic E-state index is 11.8. The minimum atomic E-state index is -0.651. The number of ketones is 1. The molecule has 0 aliphatic carbocycles. The van der Waals surface area contributed by atoms with Gasteiger partial charge in [0.05, 0.1) is 13.2 Å². The molecule has 0 aromatic heterocycles. The van der Waals surface area contributed by atoms with Gasteiger partial charge in [-0.1, -0.05) is 12.2 Å². The molecule has 19 heavy (non-hydrogen) atoms. The SMILES string of the molecule is C=C(C)[C@@H](O)Cc1cc(C(=O)COC)ccc1OC. The Morgan fingerprint density at radius 3 is 2.63 bits per heavy atom. The Balaban J connectivity index is 3.02. The second-order valence-corrected chi connectivity index (χ2v) is 4.45. The Labute approximate surface area is 113 Å². The Morgan fingerprint density at radius 2 is 2.11 bits per heavy atom. The van der Waals surface area contributed by atoms with E-state index in [9.17, 15) is 9.90 Å². The second-order valence-electron chi connectivity index (χ2n) is 4.45. The van der Waals surface area contributed by atoms with E-state index < -0.39 is 6.10 Å². The number of aliphatic hydroxyl groups is 1. The minimum Gasteiger partial charge on any atom is -0.496 e. The number of carbonyl (C=O) groups is 1. The van der Waals surface area contributed by atoms with E-state index in [0.29, 0.717) is 23.3 Å². The molecule has 0 amide bonds. The third-order valence-electron chi connectivity index (χ3n) is 2.86. The van der Waals surface area contributed by atoms with Gasteiger partial charge in [-0.3, -0.25) is 4.79 Å². The van der Waals surface area contributed by atoms with Crippen LogP contribution in [0.4, 0.5) is 0 Å². The summed E-state index contributed by atoms with van der Waals surface area (Å²) in [6.45, 7) is 5.51. The molecule has 0 spiro atoms. The monoisotopic (exact) mass is 264 g/mol. The molecule has 1 rings (SSSR count). The number of carbonyl (C=O) groups excluding carboxylic acids is 1. The summed E-state index contributed by atoms with van der Waals surface area (Å²) in [7, 11) is 3.04. The Morgan fingerprint density at radius 1 is 1.42 bits per heavy atom. The number of aliphatic hydroxyl groups excluding tert-OH is 1. The summed E-state index contributed by atoms with van der Waals surface area (Å²) in [6, 6.07) is 5.15. The van der Waals surface area contributed by atoms with E-state index in [1.807, 2.05) is 0 Å². The summed E-state index contributed by atoms with van der Waals surface area (Å²) in [5.74, 6) is 0.547. The Bertz CT molecular complexity index is 465. The van der Waals surface area contributed by atoms with Gasteiger partial charge in [0, 0.05) is 19.1 Å². The van der Waals surface area contributed by atoms with Crippen LogP contribution in [0.2, 0.25) is 0 Å². The Hall–Kier alpha value is -1.65. The fraction of sp³-hybridized carbons (Fsp3) is 0.400. The van der Waals surface area contributed by atoms with Crippen LogP contribution in [0, 0.1) is 0 Å². The predicted molar refractivity (Wildman–Crippen MR) is 73.7 cm³/mol. The molecule has 1 aromatic carbocycles. The quantitative estimate of drug-likeness (QED) is 0.604. The Kier molecular flexibility index (Phi) is 5.73. The minimum absolute atomic E-state index is 0.0365. The molecule has 0 saturated carbocycles. The largest absolute Gasteiger partial charge is 0.496 e. The van der Waals surface area contributed by atoms with E-state index in [1.165, 1.54) is 7.11 Å². The molecule has 1 atom stereocenters. The highest BCUT2D eigenvalue weighted by molar-refractivity contribution is 5.97. The van der Waals surface area contributed by atoms with Gasteiger partial charge in [0.15, 0.2) is 5.78 Å². The molecule has 104 valence electrons. The highest BCUT2D eigenvalue weighted by Crippen LogP contribution is 2.23. The highest BCUT2D eigenvalue weighted by Gasteiger charge is 2.14. The molecule has 0 heterocycles. The lowest BCUT2D eigenvalue weighted by Crippen LogP contribution is -2.13. The van der Waals surface area contributed by atoms with Crippen molar-refractivity contribution in [2.45, 2.75) is 19.4 Å². The summed E-state index contributed by atoms with van der Waals surface area (Å²) >= 11 is 0. The number of hydrogen-bond donors (Lipinski definition) is 1. The van der Waals surface area contributed by atoms with Gasteiger partial charge in [-0.25, -0.2) is 0 Å². The maximum Gasteiger partial charge on any atom is 0.188 e. The first-order chi connectivity index (χ1) is 8.99. The number of benzene rings is 1. The molecular formula is C15H20O4. The third-order valence-corrected chi connectivity index (χ3v) is 2.86. The average Bonchev–Trinajstić information content (AvgIpc) is 2.38. The molecule has 1 N–H and O–H groups in total. The molecule has 0 unspecified atom stereocenters. The third kappa shape index (κ3) is 4.19. The standard InChI is InChI=1S/C15H20O4/c1-10(2)13(16)8-12-7-11(14(17)9-18-3)5-6-15(12)19-4/h5-7,13,16H,1,8-9H2,2-4H3/t13-/m0/s1. The first kappa shape index (κ1) is 15.4. The van der Waals surface area contributed by atoms with Crippen molar-refractivity contribution >= 4 is 5.78 Å². The summed E-state index contributed by atoms with van der Waals surface area (Å²) in [4.78, 5) is 11.8. The van der Waals surface area contributed by atoms with Crippen LogP contribution in [0.1, 0.15) is 22.8 Å². The van der Waals surface area contributed by atoms with Crippen LogP contribution in [0.3, 0.4) is 0 Å². The van der Waals surface area contributed by atoms with E-state index in [4.69, 9.17) is 9.47 Å². The van der Waals surface area contributed by atoms with Crippen LogP contribution < -0.4 is 4.74 Å². The van der Waals surface area contributed by atoms with Crippen LogP contribution in [0.15, 0.2) is 30.4 Å². The van der Waals surface area contributed by atoms with Crippen LogP contribution in [0.5, 0.6) is 5.75 Å². The van der Waals surface area contributed by atoms with Gasteiger partial charge < -0.3 is 14.6 Å². The average molecular weight is 264 g/mol. The number of Topliss-reactive ketones (excluding diaryl/α,β-unsaturated/α-hetero) is 1. The van der Waals surface area contributed by atoms with E-state index in [2.05, 4.69) is 6.58 Å². The highest BCUT2D eigenvalue weighted by atomic mass is 16.5. The van der Waals surface area contributed by atoms with Gasteiger partial charge in [0.1, 0.15) is 12.4 Å². The lowest BCUT2D eigenvalue weighted by atomic mass is 9.99. The van der Waals surface area contributed by atoms with Crippen LogP contribution >= 0.6 is 0 Å². The zero-order valence-corrected chi connectivity index (χ0v) is 11.6. The topological polar surface area (TPSA) is 55.8 Å². The van der Waals surface area contributed by atoms with Crippen LogP contribution in [-0.2, 0) is 11.2 Å². The van der Waals surface area contributed by atoms with Crippen molar-refractivity contribution in [1.82, 2.24) is 0 Å². The number of methoxy groups -OCH3 is 2. The lowest BCUT2D eigenvalue weighted by Gasteiger charge is -2.14. The molecule has 1 aromatic rings. The van der Waals surface area contributed by atoms with E-state index in [1.54, 1.807) is 32.2 Å². The van der Waals surface area contributed by atoms with Crippen molar-refractivity contribution in [2.24, 2.45) is 0 Å². The number of ether oxygens (including phenoxy) is 2. The molecule has 0 radical (unpaired) electrons. The van der Waals surface area contributed by atoms with Crippen LogP contribution in [0.25, 0.3) is 0 Å². The fourth-order valence-corrected chi connectivity index (χ4v) is 1.71. The summed E-state index contributed by atoms with van der Waals surface area (Å²) in [6.07, 6.45) is -0.284. The van der Waals surface area contributed by atoms with E-state index in [0.717, 1.165) is 5.56 Å². The second kappa shape index (κ2) is 7.07. The van der Waals surface area contributed by atoms with Gasteiger partial charge in [0.2, 0.25) is 0 Å². The first-order valence-corrected chi connectivity index (χ1v) is 6.02. The lowest BCUT2D eigenvalue weighted by molar-refractivity contribution is 0.0847. The summed E-state index contributed by atoms with van der Waals surface area (Å²) in [5, 5.41) is 9.87. The molecule has 4 nitrogen and oxygen atoms in total. The van der Waals surface area contributed by atoms with Crippen molar-refractivity contribution in [3.8, 4) is 5.75 Å².